The molecule has 4 rings (SSSR count). The zero-order valence-electron chi connectivity index (χ0n) is 19.2. The van der Waals surface area contributed by atoms with E-state index in [2.05, 4.69) is 27.4 Å². The molecule has 2 heterocycles. The Hall–Kier alpha value is -3.12. The van der Waals surface area contributed by atoms with E-state index in [1.165, 1.54) is 18.4 Å². The molecule has 0 spiro atoms. The van der Waals surface area contributed by atoms with Crippen molar-refractivity contribution in [3.8, 4) is 11.4 Å². The fourth-order valence-electron chi connectivity index (χ4n) is 4.57. The molecule has 6 nitrogen and oxygen atoms in total. The number of carbonyl (C=O) groups is 1. The summed E-state index contributed by atoms with van der Waals surface area (Å²) >= 11 is 0. The molecule has 0 bridgehead atoms. The minimum absolute atomic E-state index is 0.00391. The molecular weight excluding hydrogens is 400 g/mol. The lowest BCUT2D eigenvalue weighted by atomic mass is 10.0. The highest BCUT2D eigenvalue weighted by Gasteiger charge is 2.25. The first-order chi connectivity index (χ1) is 15.6. The SMILES string of the molecule is COc1ccc([C@@H]2CCCCCN2CC(=O)Nc2c(C)nn(-c3ccccc3)c2C)cc1. The van der Waals surface area contributed by atoms with Gasteiger partial charge in [-0.15, -0.1) is 0 Å². The van der Waals surface area contributed by atoms with Gasteiger partial charge in [0.1, 0.15) is 5.75 Å². The van der Waals surface area contributed by atoms with Gasteiger partial charge in [-0.1, -0.05) is 43.2 Å². The molecule has 0 unspecified atom stereocenters. The van der Waals surface area contributed by atoms with Gasteiger partial charge in [-0.3, -0.25) is 9.69 Å². The van der Waals surface area contributed by atoms with Crippen LogP contribution in [0.15, 0.2) is 54.6 Å². The first-order valence-electron chi connectivity index (χ1n) is 11.4. The fourth-order valence-corrected chi connectivity index (χ4v) is 4.57. The van der Waals surface area contributed by atoms with Crippen LogP contribution in [0.3, 0.4) is 0 Å². The van der Waals surface area contributed by atoms with Crippen LogP contribution in [-0.2, 0) is 4.79 Å². The van der Waals surface area contributed by atoms with Crippen LogP contribution in [0.2, 0.25) is 0 Å². The number of anilines is 1. The minimum atomic E-state index is 0.00391. The number of hydrogen-bond donors (Lipinski definition) is 1. The van der Waals surface area contributed by atoms with Crippen molar-refractivity contribution in [3.05, 3.63) is 71.5 Å². The molecule has 0 radical (unpaired) electrons. The van der Waals surface area contributed by atoms with Crippen molar-refractivity contribution in [3.63, 3.8) is 0 Å². The maximum Gasteiger partial charge on any atom is 0.238 e. The number of para-hydroxylation sites is 1. The summed E-state index contributed by atoms with van der Waals surface area (Å²) in [6, 6.07) is 18.5. The van der Waals surface area contributed by atoms with E-state index in [4.69, 9.17) is 4.74 Å². The molecule has 168 valence electrons. The molecule has 2 aromatic carbocycles. The standard InChI is InChI=1S/C26H32N4O2/c1-19-26(20(2)30(28-19)22-10-6-4-7-11-22)27-25(31)18-29-17-9-5-8-12-24(29)21-13-15-23(32-3)16-14-21/h4,6-7,10-11,13-16,24H,5,8-9,12,17-18H2,1-3H3,(H,27,31)/t24-/m0/s1. The molecule has 1 amide bonds. The smallest absolute Gasteiger partial charge is 0.238 e. The van der Waals surface area contributed by atoms with Gasteiger partial charge >= 0.3 is 0 Å². The van der Waals surface area contributed by atoms with Crippen LogP contribution in [0.4, 0.5) is 5.69 Å². The van der Waals surface area contributed by atoms with E-state index < -0.39 is 0 Å². The largest absolute Gasteiger partial charge is 0.497 e. The van der Waals surface area contributed by atoms with Gasteiger partial charge in [0.25, 0.3) is 0 Å². The fraction of sp³-hybridized carbons (Fsp3) is 0.385. The molecule has 32 heavy (non-hydrogen) atoms. The molecule has 1 fully saturated rings. The number of nitrogens with one attached hydrogen (secondary N) is 1. The highest BCUT2D eigenvalue weighted by molar-refractivity contribution is 5.93. The predicted molar refractivity (Wildman–Crippen MR) is 127 cm³/mol. The second-order valence-electron chi connectivity index (χ2n) is 8.45. The third kappa shape index (κ3) is 4.86. The molecule has 1 aromatic heterocycles. The first kappa shape index (κ1) is 22.1. The lowest BCUT2D eigenvalue weighted by Crippen LogP contribution is -2.36. The average Bonchev–Trinajstić information content (AvgIpc) is 2.97. The predicted octanol–water partition coefficient (Wildman–Crippen LogP) is 5.05. The van der Waals surface area contributed by atoms with Crippen LogP contribution in [0.25, 0.3) is 5.69 Å². The van der Waals surface area contributed by atoms with Gasteiger partial charge in [-0.25, -0.2) is 4.68 Å². The molecule has 1 aliphatic rings. The summed E-state index contributed by atoms with van der Waals surface area (Å²) in [5.74, 6) is 0.859. The van der Waals surface area contributed by atoms with E-state index in [1.807, 2.05) is 61.0 Å². The van der Waals surface area contributed by atoms with Gasteiger partial charge in [0, 0.05) is 6.04 Å². The van der Waals surface area contributed by atoms with Crippen LogP contribution in [0.1, 0.15) is 48.7 Å². The number of carbonyl (C=O) groups excluding carboxylic acids is 1. The number of hydrogen-bond acceptors (Lipinski definition) is 4. The summed E-state index contributed by atoms with van der Waals surface area (Å²) < 4.78 is 7.20. The van der Waals surface area contributed by atoms with Crippen LogP contribution >= 0.6 is 0 Å². The highest BCUT2D eigenvalue weighted by atomic mass is 16.5. The monoisotopic (exact) mass is 432 g/mol. The summed E-state index contributed by atoms with van der Waals surface area (Å²) in [6.45, 7) is 5.22. The number of nitrogens with zero attached hydrogens (tertiary/aromatic N) is 3. The van der Waals surface area contributed by atoms with Crippen molar-refractivity contribution in [1.29, 1.82) is 0 Å². The molecule has 0 aliphatic carbocycles. The van der Waals surface area contributed by atoms with E-state index in [0.717, 1.165) is 47.9 Å². The van der Waals surface area contributed by atoms with Crippen LogP contribution in [0, 0.1) is 13.8 Å². The number of aryl methyl sites for hydroxylation is 1. The highest BCUT2D eigenvalue weighted by Crippen LogP contribution is 2.31. The van der Waals surface area contributed by atoms with Gasteiger partial charge in [0.15, 0.2) is 0 Å². The molecule has 1 N–H and O–H groups in total. The molecule has 1 atom stereocenters. The normalized spacial score (nSPS) is 17.0. The quantitative estimate of drug-likeness (QED) is 0.592. The van der Waals surface area contributed by atoms with Gasteiger partial charge in [-0.2, -0.15) is 5.10 Å². The minimum Gasteiger partial charge on any atom is -0.497 e. The van der Waals surface area contributed by atoms with E-state index in [1.54, 1.807) is 7.11 Å². The van der Waals surface area contributed by atoms with Gasteiger partial charge in [-0.05, 0) is 63.1 Å². The van der Waals surface area contributed by atoms with Crippen LogP contribution < -0.4 is 10.1 Å². The Kier molecular flexibility index (Phi) is 6.90. The van der Waals surface area contributed by atoms with Gasteiger partial charge in [0.05, 0.1) is 36.4 Å². The Bertz CT molecular complexity index is 1040. The maximum atomic E-state index is 13.1. The Balaban J connectivity index is 1.50. The topological polar surface area (TPSA) is 59.4 Å². The van der Waals surface area contributed by atoms with E-state index >= 15 is 0 Å². The zero-order chi connectivity index (χ0) is 22.5. The number of aromatic nitrogens is 2. The van der Waals surface area contributed by atoms with E-state index in [0.29, 0.717) is 6.54 Å². The number of rotatable bonds is 6. The zero-order valence-corrected chi connectivity index (χ0v) is 19.2. The second kappa shape index (κ2) is 10.0. The Labute approximate surface area is 190 Å². The summed E-state index contributed by atoms with van der Waals surface area (Å²) in [4.78, 5) is 15.4. The van der Waals surface area contributed by atoms with E-state index in [-0.39, 0.29) is 11.9 Å². The number of benzene rings is 2. The third-order valence-electron chi connectivity index (χ3n) is 6.27. The maximum absolute atomic E-state index is 13.1. The number of likely N-dealkylation sites (tertiary alicyclic amines) is 1. The van der Waals surface area contributed by atoms with Crippen molar-refractivity contribution in [2.45, 2.75) is 45.6 Å². The van der Waals surface area contributed by atoms with Crippen LogP contribution in [-0.4, -0.2) is 40.8 Å². The summed E-state index contributed by atoms with van der Waals surface area (Å²) in [5.41, 5.74) is 4.78. The molecule has 0 saturated carbocycles. The Morgan fingerprint density at radius 2 is 1.81 bits per heavy atom. The average molecular weight is 433 g/mol. The molecule has 1 saturated heterocycles. The van der Waals surface area contributed by atoms with Crippen LogP contribution in [0.5, 0.6) is 5.75 Å². The summed E-state index contributed by atoms with van der Waals surface area (Å²) in [5, 5.41) is 7.79. The van der Waals surface area contributed by atoms with Crippen molar-refractivity contribution in [1.82, 2.24) is 14.7 Å². The van der Waals surface area contributed by atoms with Crippen molar-refractivity contribution >= 4 is 11.6 Å². The molecule has 3 aromatic rings. The third-order valence-corrected chi connectivity index (χ3v) is 6.27. The Morgan fingerprint density at radius 1 is 1.06 bits per heavy atom. The number of ether oxygens (including phenoxy) is 1. The summed E-state index contributed by atoms with van der Waals surface area (Å²) in [6.07, 6.45) is 4.55. The molecule has 1 aliphatic heterocycles. The lowest BCUT2D eigenvalue weighted by molar-refractivity contribution is -0.117. The Morgan fingerprint density at radius 3 is 2.53 bits per heavy atom. The first-order valence-corrected chi connectivity index (χ1v) is 11.4. The summed E-state index contributed by atoms with van der Waals surface area (Å²) in [7, 11) is 1.68. The lowest BCUT2D eigenvalue weighted by Gasteiger charge is -2.29. The number of methoxy groups -OCH3 is 1. The molecular formula is C26H32N4O2. The second-order valence-corrected chi connectivity index (χ2v) is 8.45. The molecule has 6 heteroatoms. The van der Waals surface area contributed by atoms with Gasteiger partial charge in [0.2, 0.25) is 5.91 Å². The van der Waals surface area contributed by atoms with Gasteiger partial charge < -0.3 is 10.1 Å². The van der Waals surface area contributed by atoms with Crippen molar-refractivity contribution in [2.24, 2.45) is 0 Å². The van der Waals surface area contributed by atoms with Crippen molar-refractivity contribution in [2.75, 3.05) is 25.5 Å². The number of amides is 1. The van der Waals surface area contributed by atoms with Crippen molar-refractivity contribution < 1.29 is 9.53 Å². The van der Waals surface area contributed by atoms with E-state index in [9.17, 15) is 4.79 Å².